The van der Waals surface area contributed by atoms with Crippen LogP contribution in [0, 0.1) is 6.92 Å². The largest absolute Gasteiger partial charge is 0.376 e. The van der Waals surface area contributed by atoms with Crippen molar-refractivity contribution in [3.63, 3.8) is 0 Å². The Balaban J connectivity index is 1.71. The molecule has 27 heavy (non-hydrogen) atoms. The molecule has 0 spiro atoms. The summed E-state index contributed by atoms with van der Waals surface area (Å²) in [6.45, 7) is 5.52. The summed E-state index contributed by atoms with van der Waals surface area (Å²) >= 11 is 0. The van der Waals surface area contributed by atoms with Crippen LogP contribution in [-0.4, -0.2) is 81.3 Å². The normalized spacial score (nSPS) is 21.3. The average molecular weight is 396 g/mol. The van der Waals surface area contributed by atoms with Crippen molar-refractivity contribution in [1.82, 2.24) is 14.5 Å². The van der Waals surface area contributed by atoms with E-state index in [1.54, 1.807) is 11.0 Å². The zero-order valence-corrected chi connectivity index (χ0v) is 16.7. The van der Waals surface area contributed by atoms with Gasteiger partial charge in [0.2, 0.25) is 10.0 Å². The van der Waals surface area contributed by atoms with E-state index in [1.807, 2.05) is 25.1 Å². The average Bonchev–Trinajstić information content (AvgIpc) is 3.19. The molecule has 0 bridgehead atoms. The molecular weight excluding hydrogens is 366 g/mol. The van der Waals surface area contributed by atoms with Crippen molar-refractivity contribution >= 4 is 15.9 Å². The number of amides is 1. The molecule has 0 unspecified atom stereocenters. The first-order valence-electron chi connectivity index (χ1n) is 9.62. The molecule has 2 fully saturated rings. The topological polar surface area (TPSA) is 79.0 Å². The van der Waals surface area contributed by atoms with Crippen LogP contribution >= 0.6 is 0 Å². The van der Waals surface area contributed by atoms with Gasteiger partial charge in [-0.15, -0.1) is 0 Å². The zero-order chi connectivity index (χ0) is 19.3. The number of benzene rings is 1. The standard InChI is InChI=1S/C19H29N3O4S/c1-16-5-2-3-7-18(16)19(23)21(15-17-6-4-13-26-17)12-14-27(24,25)22-10-8-20-9-11-22/h2-3,5,7,17,20H,4,6,8-15H2,1H3/t17-/m0/s1. The maximum absolute atomic E-state index is 13.1. The van der Waals surface area contributed by atoms with Gasteiger partial charge in [-0.05, 0) is 31.4 Å². The predicted molar refractivity (Wildman–Crippen MR) is 104 cm³/mol. The highest BCUT2D eigenvalue weighted by atomic mass is 32.2. The molecule has 1 amide bonds. The van der Waals surface area contributed by atoms with E-state index in [4.69, 9.17) is 4.74 Å². The number of rotatable bonds is 7. The van der Waals surface area contributed by atoms with Crippen LogP contribution in [0.25, 0.3) is 0 Å². The first-order valence-corrected chi connectivity index (χ1v) is 11.2. The Morgan fingerprint density at radius 3 is 2.70 bits per heavy atom. The number of nitrogens with one attached hydrogen (secondary N) is 1. The molecule has 1 aromatic rings. The summed E-state index contributed by atoms with van der Waals surface area (Å²) in [5.41, 5.74) is 1.51. The second-order valence-electron chi connectivity index (χ2n) is 7.17. The first kappa shape index (κ1) is 20.3. The monoisotopic (exact) mass is 395 g/mol. The van der Waals surface area contributed by atoms with Crippen LogP contribution in [0.5, 0.6) is 0 Å². The molecule has 0 aromatic heterocycles. The highest BCUT2D eigenvalue weighted by molar-refractivity contribution is 7.89. The molecule has 2 saturated heterocycles. The van der Waals surface area contributed by atoms with Gasteiger partial charge in [-0.2, -0.15) is 4.31 Å². The predicted octanol–water partition coefficient (Wildman–Crippen LogP) is 0.851. The molecule has 2 aliphatic heterocycles. The highest BCUT2D eigenvalue weighted by Crippen LogP contribution is 2.17. The van der Waals surface area contributed by atoms with E-state index in [0.29, 0.717) is 44.9 Å². The third-order valence-electron chi connectivity index (χ3n) is 5.20. The molecule has 150 valence electrons. The summed E-state index contributed by atoms with van der Waals surface area (Å²) in [4.78, 5) is 14.7. The number of ether oxygens (including phenoxy) is 1. The number of nitrogens with zero attached hydrogens (tertiary/aromatic N) is 2. The maximum Gasteiger partial charge on any atom is 0.254 e. The van der Waals surface area contributed by atoms with Crippen molar-refractivity contribution in [1.29, 1.82) is 0 Å². The van der Waals surface area contributed by atoms with Crippen LogP contribution < -0.4 is 5.32 Å². The van der Waals surface area contributed by atoms with Crippen molar-refractivity contribution in [3.05, 3.63) is 35.4 Å². The Morgan fingerprint density at radius 1 is 1.30 bits per heavy atom. The van der Waals surface area contributed by atoms with Gasteiger partial charge in [0.15, 0.2) is 0 Å². The molecule has 0 saturated carbocycles. The molecule has 0 radical (unpaired) electrons. The Bertz CT molecular complexity index is 741. The summed E-state index contributed by atoms with van der Waals surface area (Å²) in [6.07, 6.45) is 1.87. The number of piperazine rings is 1. The van der Waals surface area contributed by atoms with Gasteiger partial charge in [0, 0.05) is 51.4 Å². The smallest absolute Gasteiger partial charge is 0.254 e. The number of carbonyl (C=O) groups is 1. The van der Waals surface area contributed by atoms with E-state index in [1.165, 1.54) is 4.31 Å². The number of hydrogen-bond donors (Lipinski definition) is 1. The van der Waals surface area contributed by atoms with Crippen molar-refractivity contribution in [2.45, 2.75) is 25.9 Å². The van der Waals surface area contributed by atoms with Gasteiger partial charge in [-0.3, -0.25) is 4.79 Å². The molecule has 1 aromatic carbocycles. The van der Waals surface area contributed by atoms with Crippen molar-refractivity contribution in [2.24, 2.45) is 0 Å². The Labute approximate surface area is 161 Å². The van der Waals surface area contributed by atoms with Gasteiger partial charge >= 0.3 is 0 Å². The molecule has 1 atom stereocenters. The fourth-order valence-electron chi connectivity index (χ4n) is 3.57. The van der Waals surface area contributed by atoms with E-state index in [9.17, 15) is 13.2 Å². The summed E-state index contributed by atoms with van der Waals surface area (Å²) in [6, 6.07) is 7.42. The lowest BCUT2D eigenvalue weighted by Gasteiger charge is -2.29. The van der Waals surface area contributed by atoms with Gasteiger partial charge in [-0.25, -0.2) is 8.42 Å². The van der Waals surface area contributed by atoms with Gasteiger partial charge in [0.25, 0.3) is 5.91 Å². The highest BCUT2D eigenvalue weighted by Gasteiger charge is 2.28. The second-order valence-corrected chi connectivity index (χ2v) is 9.25. The Hall–Kier alpha value is -1.48. The number of aryl methyl sites for hydroxylation is 1. The van der Waals surface area contributed by atoms with E-state index < -0.39 is 10.0 Å². The fourth-order valence-corrected chi connectivity index (χ4v) is 5.02. The minimum atomic E-state index is -3.38. The van der Waals surface area contributed by atoms with Gasteiger partial charge in [0.1, 0.15) is 0 Å². The number of carbonyl (C=O) groups excluding carboxylic acids is 1. The van der Waals surface area contributed by atoms with Crippen LogP contribution in [-0.2, 0) is 14.8 Å². The molecular formula is C19H29N3O4S. The minimum Gasteiger partial charge on any atom is -0.376 e. The van der Waals surface area contributed by atoms with Crippen LogP contribution in [0.15, 0.2) is 24.3 Å². The van der Waals surface area contributed by atoms with Gasteiger partial charge < -0.3 is 15.0 Å². The van der Waals surface area contributed by atoms with E-state index in [0.717, 1.165) is 18.4 Å². The third kappa shape index (κ3) is 5.28. The van der Waals surface area contributed by atoms with Crippen LogP contribution in [0.1, 0.15) is 28.8 Å². The quantitative estimate of drug-likeness (QED) is 0.741. The maximum atomic E-state index is 13.1. The van der Waals surface area contributed by atoms with Crippen molar-refractivity contribution in [2.75, 3.05) is 51.6 Å². The fraction of sp³-hybridized carbons (Fsp3) is 0.632. The summed E-state index contributed by atoms with van der Waals surface area (Å²) in [5, 5.41) is 3.16. The van der Waals surface area contributed by atoms with Crippen LogP contribution in [0.2, 0.25) is 0 Å². The summed E-state index contributed by atoms with van der Waals surface area (Å²) in [5.74, 6) is -0.184. The molecule has 2 aliphatic rings. The first-order chi connectivity index (χ1) is 13.0. The van der Waals surface area contributed by atoms with E-state index >= 15 is 0 Å². The van der Waals surface area contributed by atoms with Gasteiger partial charge in [0.05, 0.1) is 11.9 Å². The van der Waals surface area contributed by atoms with Crippen LogP contribution in [0.4, 0.5) is 0 Å². The molecule has 7 nitrogen and oxygen atoms in total. The van der Waals surface area contributed by atoms with Gasteiger partial charge in [-0.1, -0.05) is 18.2 Å². The molecule has 2 heterocycles. The van der Waals surface area contributed by atoms with Crippen molar-refractivity contribution in [3.8, 4) is 0 Å². The lowest BCUT2D eigenvalue weighted by Crippen LogP contribution is -2.49. The molecule has 0 aliphatic carbocycles. The molecule has 1 N–H and O–H groups in total. The SMILES string of the molecule is Cc1ccccc1C(=O)N(CCS(=O)(=O)N1CCNCC1)C[C@@H]1CCCO1. The van der Waals surface area contributed by atoms with E-state index in [2.05, 4.69) is 5.32 Å². The number of hydrogen-bond acceptors (Lipinski definition) is 5. The second kappa shape index (κ2) is 9.14. The Kier molecular flexibility index (Phi) is 6.86. The lowest BCUT2D eigenvalue weighted by atomic mass is 10.1. The van der Waals surface area contributed by atoms with E-state index in [-0.39, 0.29) is 24.3 Å². The van der Waals surface area contributed by atoms with Crippen molar-refractivity contribution < 1.29 is 17.9 Å². The lowest BCUT2D eigenvalue weighted by molar-refractivity contribution is 0.0539. The summed E-state index contributed by atoms with van der Waals surface area (Å²) in [7, 11) is -3.38. The molecule has 3 rings (SSSR count). The third-order valence-corrected chi connectivity index (χ3v) is 7.05. The Morgan fingerprint density at radius 2 is 2.04 bits per heavy atom. The number of sulfonamides is 1. The molecule has 8 heteroatoms. The summed E-state index contributed by atoms with van der Waals surface area (Å²) < 4.78 is 32.6. The zero-order valence-electron chi connectivity index (χ0n) is 15.9. The minimum absolute atomic E-state index is 0.0140. The van der Waals surface area contributed by atoms with Crippen LogP contribution in [0.3, 0.4) is 0 Å².